The van der Waals surface area contributed by atoms with E-state index in [0.29, 0.717) is 29.9 Å². The zero-order chi connectivity index (χ0) is 19.1. The number of carbonyl (C=O) groups excluding carboxylic acids is 2. The highest BCUT2D eigenvalue weighted by atomic mass is 16.2. The number of hydrogen-bond donors (Lipinski definition) is 3. The highest BCUT2D eigenvalue weighted by molar-refractivity contribution is 6.04. The van der Waals surface area contributed by atoms with E-state index in [-0.39, 0.29) is 11.8 Å². The summed E-state index contributed by atoms with van der Waals surface area (Å²) < 4.78 is 1.72. The Hall–Kier alpha value is -3.52. The van der Waals surface area contributed by atoms with Crippen LogP contribution in [0.3, 0.4) is 0 Å². The molecule has 27 heavy (non-hydrogen) atoms. The predicted octanol–water partition coefficient (Wildman–Crippen LogP) is 1.35. The largest absolute Gasteiger partial charge is 0.353 e. The molecule has 3 aromatic rings. The van der Waals surface area contributed by atoms with E-state index in [1.165, 1.54) is 0 Å². The smallest absolute Gasteiger partial charge is 0.255 e. The Morgan fingerprint density at radius 1 is 1.07 bits per heavy atom. The maximum absolute atomic E-state index is 12.2. The van der Waals surface area contributed by atoms with Gasteiger partial charge in [0.05, 0.1) is 6.54 Å². The van der Waals surface area contributed by atoms with Crippen LogP contribution in [-0.2, 0) is 11.3 Å². The third-order valence-electron chi connectivity index (χ3n) is 3.95. The monoisotopic (exact) mass is 364 g/mol. The molecular weight excluding hydrogens is 344 g/mol. The van der Waals surface area contributed by atoms with Gasteiger partial charge in [-0.3, -0.25) is 19.3 Å². The van der Waals surface area contributed by atoms with E-state index in [2.05, 4.69) is 20.7 Å². The summed E-state index contributed by atoms with van der Waals surface area (Å²) in [4.78, 5) is 28.3. The number of pyridine rings is 1. The van der Waals surface area contributed by atoms with Crippen LogP contribution in [0.2, 0.25) is 0 Å². The first kappa shape index (κ1) is 18.3. The molecule has 8 heteroatoms. The Kier molecular flexibility index (Phi) is 5.91. The second-order valence-corrected chi connectivity index (χ2v) is 5.85. The molecule has 2 amide bonds. The van der Waals surface area contributed by atoms with Crippen molar-refractivity contribution < 1.29 is 9.59 Å². The minimum absolute atomic E-state index is 0.245. The van der Waals surface area contributed by atoms with Gasteiger partial charge in [-0.15, -0.1) is 0 Å². The van der Waals surface area contributed by atoms with Crippen molar-refractivity contribution in [1.29, 1.82) is 0 Å². The van der Waals surface area contributed by atoms with Crippen LogP contribution in [0.5, 0.6) is 0 Å². The molecule has 3 rings (SSSR count). The second kappa shape index (κ2) is 8.72. The third kappa shape index (κ3) is 4.99. The number of aromatic nitrogens is 3. The summed E-state index contributed by atoms with van der Waals surface area (Å²) in [6.45, 7) is 1.00. The maximum atomic E-state index is 12.2. The molecule has 138 valence electrons. The van der Waals surface area contributed by atoms with Crippen molar-refractivity contribution >= 4 is 17.5 Å². The molecule has 0 saturated heterocycles. The number of nitrogens with zero attached hydrogens (tertiary/aromatic N) is 3. The average Bonchev–Trinajstić information content (AvgIpc) is 3.21. The molecule has 0 bridgehead atoms. The molecule has 8 nitrogen and oxygen atoms in total. The number of benzene rings is 1. The van der Waals surface area contributed by atoms with Gasteiger partial charge < -0.3 is 16.4 Å². The summed E-state index contributed by atoms with van der Waals surface area (Å²) >= 11 is 0. The number of hydrogen-bond acceptors (Lipinski definition) is 5. The van der Waals surface area contributed by atoms with Crippen molar-refractivity contribution in [3.8, 4) is 0 Å². The van der Waals surface area contributed by atoms with Gasteiger partial charge in [-0.2, -0.15) is 5.10 Å². The summed E-state index contributed by atoms with van der Waals surface area (Å²) in [5, 5.41) is 9.62. The highest BCUT2D eigenvalue weighted by Gasteiger charge is 2.16. The van der Waals surface area contributed by atoms with Crippen LogP contribution >= 0.6 is 0 Å². The molecule has 0 aliphatic rings. The number of rotatable bonds is 7. The number of nitrogens with two attached hydrogens (primary N) is 1. The van der Waals surface area contributed by atoms with Gasteiger partial charge in [-0.1, -0.05) is 12.1 Å². The van der Waals surface area contributed by atoms with Crippen molar-refractivity contribution in [3.05, 3.63) is 78.4 Å². The van der Waals surface area contributed by atoms with E-state index < -0.39 is 6.04 Å². The lowest BCUT2D eigenvalue weighted by molar-refractivity contribution is -0.122. The second-order valence-electron chi connectivity index (χ2n) is 5.85. The molecular formula is C19H20N6O2. The Morgan fingerprint density at radius 2 is 1.81 bits per heavy atom. The fourth-order valence-electron chi connectivity index (χ4n) is 2.47. The molecule has 4 N–H and O–H groups in total. The summed E-state index contributed by atoms with van der Waals surface area (Å²) in [7, 11) is 0. The quantitative estimate of drug-likeness (QED) is 0.585. The number of amides is 2. The highest BCUT2D eigenvalue weighted by Crippen LogP contribution is 2.13. The lowest BCUT2D eigenvalue weighted by Gasteiger charge is -2.13. The lowest BCUT2D eigenvalue weighted by Crippen LogP contribution is -2.36. The van der Waals surface area contributed by atoms with Gasteiger partial charge >= 0.3 is 0 Å². The third-order valence-corrected chi connectivity index (χ3v) is 3.95. The maximum Gasteiger partial charge on any atom is 0.255 e. The van der Waals surface area contributed by atoms with Crippen molar-refractivity contribution in [1.82, 2.24) is 20.1 Å². The summed E-state index contributed by atoms with van der Waals surface area (Å²) in [6.07, 6.45) is 6.70. The molecule has 1 atom stereocenters. The van der Waals surface area contributed by atoms with Crippen molar-refractivity contribution in [2.45, 2.75) is 12.6 Å². The molecule has 0 spiro atoms. The minimum Gasteiger partial charge on any atom is -0.353 e. The molecule has 0 aliphatic heterocycles. The van der Waals surface area contributed by atoms with E-state index in [4.69, 9.17) is 5.73 Å². The topological polar surface area (TPSA) is 115 Å². The van der Waals surface area contributed by atoms with Gasteiger partial charge in [0.1, 0.15) is 6.04 Å². The minimum atomic E-state index is -0.806. The number of carbonyl (C=O) groups is 2. The van der Waals surface area contributed by atoms with Crippen molar-refractivity contribution in [2.24, 2.45) is 5.73 Å². The Bertz CT molecular complexity index is 878. The summed E-state index contributed by atoms with van der Waals surface area (Å²) in [5.74, 6) is -0.527. The first-order valence-electron chi connectivity index (χ1n) is 8.45. The zero-order valence-electron chi connectivity index (χ0n) is 14.6. The van der Waals surface area contributed by atoms with Crippen LogP contribution in [0.15, 0.2) is 67.3 Å². The number of anilines is 1. The molecule has 1 unspecified atom stereocenters. The molecule has 0 fully saturated rings. The fourth-order valence-corrected chi connectivity index (χ4v) is 2.47. The van der Waals surface area contributed by atoms with Gasteiger partial charge in [-0.25, -0.2) is 0 Å². The number of nitrogens with one attached hydrogen (secondary N) is 2. The molecule has 1 aromatic carbocycles. The lowest BCUT2D eigenvalue weighted by atomic mass is 10.0. The van der Waals surface area contributed by atoms with E-state index in [0.717, 1.165) is 0 Å². The van der Waals surface area contributed by atoms with Crippen molar-refractivity contribution in [3.63, 3.8) is 0 Å². The van der Waals surface area contributed by atoms with Crippen LogP contribution in [0.4, 0.5) is 5.69 Å². The SMILES string of the molecule is NC(C(=O)NCCn1cccn1)c1ccc(C(=O)Nc2ccncc2)cc1. The standard InChI is InChI=1S/C19H20N6O2/c20-17(19(27)22-11-13-25-12-1-8-23-25)14-2-4-15(5-3-14)18(26)24-16-6-9-21-10-7-16/h1-10,12,17H,11,13,20H2,(H,22,27)(H,21,24,26). The fraction of sp³-hybridized carbons (Fsp3) is 0.158. The van der Waals surface area contributed by atoms with Crippen molar-refractivity contribution in [2.75, 3.05) is 11.9 Å². The first-order valence-corrected chi connectivity index (χ1v) is 8.45. The molecule has 2 aromatic heterocycles. The van der Waals surface area contributed by atoms with Gasteiger partial charge in [-0.05, 0) is 35.9 Å². The van der Waals surface area contributed by atoms with Crippen LogP contribution in [-0.4, -0.2) is 33.1 Å². The molecule has 0 aliphatic carbocycles. The van der Waals surface area contributed by atoms with E-state index >= 15 is 0 Å². The normalized spacial score (nSPS) is 11.6. The zero-order valence-corrected chi connectivity index (χ0v) is 14.6. The van der Waals surface area contributed by atoms with Crippen LogP contribution in [0, 0.1) is 0 Å². The average molecular weight is 364 g/mol. The Labute approximate surface area is 156 Å². The van der Waals surface area contributed by atoms with E-state index in [1.54, 1.807) is 59.7 Å². The van der Waals surface area contributed by atoms with Gasteiger partial charge in [0.15, 0.2) is 0 Å². The summed E-state index contributed by atoms with van der Waals surface area (Å²) in [5.41, 5.74) is 7.77. The van der Waals surface area contributed by atoms with Crippen LogP contribution in [0.1, 0.15) is 22.0 Å². The first-order chi connectivity index (χ1) is 13.1. The van der Waals surface area contributed by atoms with Gasteiger partial charge in [0, 0.05) is 42.6 Å². The van der Waals surface area contributed by atoms with Gasteiger partial charge in [0.25, 0.3) is 5.91 Å². The molecule has 0 radical (unpaired) electrons. The van der Waals surface area contributed by atoms with Gasteiger partial charge in [0.2, 0.25) is 5.91 Å². The Morgan fingerprint density at radius 3 is 2.48 bits per heavy atom. The van der Waals surface area contributed by atoms with Crippen LogP contribution < -0.4 is 16.4 Å². The van der Waals surface area contributed by atoms with Crippen LogP contribution in [0.25, 0.3) is 0 Å². The predicted molar refractivity (Wildman–Crippen MR) is 101 cm³/mol. The van der Waals surface area contributed by atoms with E-state index in [9.17, 15) is 9.59 Å². The van der Waals surface area contributed by atoms with E-state index in [1.807, 2.05) is 12.3 Å². The Balaban J connectivity index is 1.53. The molecule has 2 heterocycles. The summed E-state index contributed by atoms with van der Waals surface area (Å²) in [6, 6.07) is 11.1. The molecule has 0 saturated carbocycles.